The number of aromatic amines is 1. The Bertz CT molecular complexity index is 976. The number of aromatic nitrogens is 2. The number of aryl methyl sites for hydroxylation is 1. The lowest BCUT2D eigenvalue weighted by Gasteiger charge is -2.28. The van der Waals surface area contributed by atoms with E-state index in [4.69, 9.17) is 4.98 Å². The number of nitrogens with one attached hydrogen (secondary N) is 1. The highest BCUT2D eigenvalue weighted by Gasteiger charge is 2.18. The summed E-state index contributed by atoms with van der Waals surface area (Å²) in [6.07, 6.45) is 1.36. The second kappa shape index (κ2) is 8.99. The number of hydrogen-bond donors (Lipinski definition) is 2. The predicted molar refractivity (Wildman–Crippen MR) is 117 cm³/mol. The van der Waals surface area contributed by atoms with Gasteiger partial charge in [0.2, 0.25) is 0 Å². The number of aliphatic hydroxyl groups is 1. The molecule has 0 aliphatic heterocycles. The summed E-state index contributed by atoms with van der Waals surface area (Å²) in [5.41, 5.74) is 3.05. The molecule has 0 aliphatic carbocycles. The van der Waals surface area contributed by atoms with Crippen LogP contribution in [0.5, 0.6) is 0 Å². The van der Waals surface area contributed by atoms with Gasteiger partial charge in [0.25, 0.3) is 5.56 Å². The van der Waals surface area contributed by atoms with Crippen LogP contribution in [0.4, 0.5) is 0 Å². The zero-order chi connectivity index (χ0) is 20.3. The standard InChI is InChI=1S/C22H29N3O2S/c1-5-6-17(26)11-25(14(2)3)12-19-23-21(27)20-18(13-28-22(20)24-19)16-9-7-15(4)8-10-16/h7-10,13-14,17,26H,5-6,11-12H2,1-4H3,(H,23,24,27). The van der Waals surface area contributed by atoms with Crippen molar-refractivity contribution >= 4 is 21.6 Å². The quantitative estimate of drug-likeness (QED) is 0.591. The molecule has 3 aromatic rings. The van der Waals surface area contributed by atoms with Crippen LogP contribution in [0.25, 0.3) is 21.3 Å². The van der Waals surface area contributed by atoms with Crippen LogP contribution < -0.4 is 5.56 Å². The molecule has 0 bridgehead atoms. The number of hydrogen-bond acceptors (Lipinski definition) is 5. The third-order valence-electron chi connectivity index (χ3n) is 5.01. The SMILES string of the molecule is CCCC(O)CN(Cc1nc2scc(-c3ccc(C)cc3)c2c(=O)[nH]1)C(C)C. The van der Waals surface area contributed by atoms with E-state index in [0.29, 0.717) is 24.3 Å². The van der Waals surface area contributed by atoms with Gasteiger partial charge in [0.05, 0.1) is 18.0 Å². The molecule has 0 aliphatic rings. The van der Waals surface area contributed by atoms with Gasteiger partial charge < -0.3 is 10.1 Å². The monoisotopic (exact) mass is 399 g/mol. The van der Waals surface area contributed by atoms with E-state index in [9.17, 15) is 9.90 Å². The Morgan fingerprint density at radius 3 is 2.61 bits per heavy atom. The van der Waals surface area contributed by atoms with Gasteiger partial charge in [-0.25, -0.2) is 4.98 Å². The van der Waals surface area contributed by atoms with Gasteiger partial charge >= 0.3 is 0 Å². The molecule has 28 heavy (non-hydrogen) atoms. The fourth-order valence-corrected chi connectivity index (χ4v) is 4.33. The molecule has 6 heteroatoms. The summed E-state index contributed by atoms with van der Waals surface area (Å²) in [6.45, 7) is 9.39. The van der Waals surface area contributed by atoms with E-state index in [0.717, 1.165) is 28.8 Å². The number of thiophene rings is 1. The lowest BCUT2D eigenvalue weighted by molar-refractivity contribution is 0.0828. The van der Waals surface area contributed by atoms with Crippen molar-refractivity contribution in [1.29, 1.82) is 0 Å². The van der Waals surface area contributed by atoms with Crippen molar-refractivity contribution in [3.63, 3.8) is 0 Å². The first kappa shape index (κ1) is 20.7. The molecule has 1 aromatic carbocycles. The van der Waals surface area contributed by atoms with Crippen molar-refractivity contribution in [2.45, 2.75) is 59.2 Å². The molecule has 150 valence electrons. The summed E-state index contributed by atoms with van der Waals surface area (Å²) in [7, 11) is 0. The van der Waals surface area contributed by atoms with E-state index in [1.165, 1.54) is 16.9 Å². The molecule has 5 nitrogen and oxygen atoms in total. The minimum absolute atomic E-state index is 0.102. The van der Waals surface area contributed by atoms with Crippen molar-refractivity contribution < 1.29 is 5.11 Å². The van der Waals surface area contributed by atoms with Gasteiger partial charge in [-0.3, -0.25) is 9.69 Å². The van der Waals surface area contributed by atoms with Crippen LogP contribution in [0.15, 0.2) is 34.4 Å². The molecule has 0 fully saturated rings. The first-order valence-corrected chi connectivity index (χ1v) is 10.8. The molecular weight excluding hydrogens is 370 g/mol. The minimum atomic E-state index is -0.363. The summed E-state index contributed by atoms with van der Waals surface area (Å²) in [5, 5.41) is 12.8. The summed E-state index contributed by atoms with van der Waals surface area (Å²) < 4.78 is 0. The van der Waals surface area contributed by atoms with E-state index in [-0.39, 0.29) is 17.7 Å². The highest BCUT2D eigenvalue weighted by Crippen LogP contribution is 2.30. The summed E-state index contributed by atoms with van der Waals surface area (Å²) >= 11 is 1.50. The lowest BCUT2D eigenvalue weighted by atomic mass is 10.1. The number of rotatable bonds is 8. The fourth-order valence-electron chi connectivity index (χ4n) is 3.36. The van der Waals surface area contributed by atoms with Crippen molar-refractivity contribution in [3.05, 3.63) is 51.4 Å². The smallest absolute Gasteiger partial charge is 0.260 e. The van der Waals surface area contributed by atoms with Crippen LogP contribution in [-0.4, -0.2) is 38.7 Å². The zero-order valence-corrected chi connectivity index (χ0v) is 17.8. The van der Waals surface area contributed by atoms with Gasteiger partial charge in [0.15, 0.2) is 0 Å². The molecule has 0 saturated heterocycles. The molecule has 1 unspecified atom stereocenters. The first-order chi connectivity index (χ1) is 13.4. The molecule has 0 amide bonds. The van der Waals surface area contributed by atoms with Gasteiger partial charge in [0.1, 0.15) is 10.7 Å². The molecule has 0 radical (unpaired) electrons. The van der Waals surface area contributed by atoms with Crippen molar-refractivity contribution in [2.75, 3.05) is 6.54 Å². The first-order valence-electron chi connectivity index (χ1n) is 9.88. The number of aliphatic hydroxyl groups excluding tert-OH is 1. The second-order valence-electron chi connectivity index (χ2n) is 7.67. The van der Waals surface area contributed by atoms with E-state index in [2.05, 4.69) is 42.8 Å². The van der Waals surface area contributed by atoms with E-state index in [1.54, 1.807) is 0 Å². The van der Waals surface area contributed by atoms with E-state index >= 15 is 0 Å². The molecule has 2 N–H and O–H groups in total. The van der Waals surface area contributed by atoms with Gasteiger partial charge in [-0.2, -0.15) is 0 Å². The van der Waals surface area contributed by atoms with Crippen LogP contribution >= 0.6 is 11.3 Å². The molecular formula is C22H29N3O2S. The van der Waals surface area contributed by atoms with Gasteiger partial charge in [-0.1, -0.05) is 43.2 Å². The maximum atomic E-state index is 12.8. The lowest BCUT2D eigenvalue weighted by Crippen LogP contribution is -2.38. The maximum Gasteiger partial charge on any atom is 0.260 e. The summed E-state index contributed by atoms with van der Waals surface area (Å²) in [6, 6.07) is 8.44. The van der Waals surface area contributed by atoms with Gasteiger partial charge in [0, 0.05) is 23.5 Å². The third-order valence-corrected chi connectivity index (χ3v) is 5.88. The fraction of sp³-hybridized carbons (Fsp3) is 0.455. The highest BCUT2D eigenvalue weighted by molar-refractivity contribution is 7.17. The normalized spacial score (nSPS) is 13.0. The minimum Gasteiger partial charge on any atom is -0.392 e. The Hall–Kier alpha value is -2.02. The topological polar surface area (TPSA) is 69.2 Å². The second-order valence-corrected chi connectivity index (χ2v) is 8.53. The number of fused-ring (bicyclic) bond motifs is 1. The molecule has 0 spiro atoms. The van der Waals surface area contributed by atoms with E-state index in [1.807, 2.05) is 24.4 Å². The van der Waals surface area contributed by atoms with E-state index < -0.39 is 0 Å². The van der Waals surface area contributed by atoms with Crippen molar-refractivity contribution in [2.24, 2.45) is 0 Å². The Morgan fingerprint density at radius 1 is 1.25 bits per heavy atom. The average Bonchev–Trinajstić information content (AvgIpc) is 3.06. The summed E-state index contributed by atoms with van der Waals surface area (Å²) in [4.78, 5) is 23.4. The van der Waals surface area contributed by atoms with Crippen LogP contribution in [-0.2, 0) is 6.54 Å². The third kappa shape index (κ3) is 4.69. The Morgan fingerprint density at radius 2 is 1.96 bits per heavy atom. The van der Waals surface area contributed by atoms with Crippen LogP contribution in [0, 0.1) is 6.92 Å². The average molecular weight is 400 g/mol. The summed E-state index contributed by atoms with van der Waals surface area (Å²) in [5.74, 6) is 0.646. The maximum absolute atomic E-state index is 12.8. The Kier molecular flexibility index (Phi) is 6.65. The number of benzene rings is 1. The van der Waals surface area contributed by atoms with Crippen molar-refractivity contribution in [1.82, 2.24) is 14.9 Å². The number of H-pyrrole nitrogens is 1. The molecule has 2 heterocycles. The largest absolute Gasteiger partial charge is 0.392 e. The highest BCUT2D eigenvalue weighted by atomic mass is 32.1. The van der Waals surface area contributed by atoms with Gasteiger partial charge in [-0.05, 0) is 32.8 Å². The molecule has 2 aromatic heterocycles. The predicted octanol–water partition coefficient (Wildman–Crippen LogP) is 4.33. The Labute approximate surface area is 170 Å². The van der Waals surface area contributed by atoms with Crippen LogP contribution in [0.3, 0.4) is 0 Å². The zero-order valence-electron chi connectivity index (χ0n) is 17.0. The number of nitrogens with zero attached hydrogens (tertiary/aromatic N) is 2. The molecule has 0 saturated carbocycles. The molecule has 3 rings (SSSR count). The molecule has 1 atom stereocenters. The Balaban J connectivity index is 1.90. The van der Waals surface area contributed by atoms with Crippen molar-refractivity contribution in [3.8, 4) is 11.1 Å². The van der Waals surface area contributed by atoms with Crippen LogP contribution in [0.1, 0.15) is 45.0 Å². The van der Waals surface area contributed by atoms with Gasteiger partial charge in [-0.15, -0.1) is 11.3 Å². The van der Waals surface area contributed by atoms with Crippen LogP contribution in [0.2, 0.25) is 0 Å².